The number of hydrogen-bond acceptors (Lipinski definition) is 13. The van der Waals surface area contributed by atoms with E-state index >= 15 is 0 Å². The molecule has 0 unspecified atom stereocenters. The summed E-state index contributed by atoms with van der Waals surface area (Å²) in [5.74, 6) is -1.08. The number of fused-ring (bicyclic) bond motifs is 1. The molecule has 4 aromatic rings. The fourth-order valence-electron chi connectivity index (χ4n) is 4.74. The Morgan fingerprint density at radius 3 is 2.30 bits per heavy atom. The maximum absolute atomic E-state index is 12.3. The highest BCUT2D eigenvalue weighted by atomic mass is 32.2. The number of aliphatic hydroxyl groups is 2. The van der Waals surface area contributed by atoms with Gasteiger partial charge in [0, 0.05) is 6.54 Å². The second-order valence-corrected chi connectivity index (χ2v) is 11.6. The smallest absolute Gasteiger partial charge is 0.362 e. The first-order valence-corrected chi connectivity index (χ1v) is 16.2. The van der Waals surface area contributed by atoms with Crippen molar-refractivity contribution in [3.8, 4) is 5.75 Å². The van der Waals surface area contributed by atoms with E-state index in [4.69, 9.17) is 8.92 Å². The molecule has 1 fully saturated rings. The Kier molecular flexibility index (Phi) is 12.0. The van der Waals surface area contributed by atoms with E-state index < -0.39 is 53.1 Å². The molecule has 0 spiro atoms. The first-order chi connectivity index (χ1) is 22.1. The summed E-state index contributed by atoms with van der Waals surface area (Å²) >= 11 is 0. The van der Waals surface area contributed by atoms with Crippen molar-refractivity contribution in [3.63, 3.8) is 0 Å². The van der Waals surface area contributed by atoms with Crippen LogP contribution in [0.5, 0.6) is 5.75 Å². The van der Waals surface area contributed by atoms with Crippen molar-refractivity contribution in [1.29, 1.82) is 0 Å². The van der Waals surface area contributed by atoms with Gasteiger partial charge in [0.15, 0.2) is 23.2 Å². The summed E-state index contributed by atoms with van der Waals surface area (Å²) in [5, 5.41) is 34.1. The topological polar surface area (TPSA) is 201 Å². The number of hydrogen-bond donors (Lipinski definition) is 5. The number of benzene rings is 2. The number of para-hydroxylation sites is 1. The van der Waals surface area contributed by atoms with E-state index in [1.165, 1.54) is 61.1 Å². The van der Waals surface area contributed by atoms with Gasteiger partial charge in [0.25, 0.3) is 5.91 Å². The van der Waals surface area contributed by atoms with Crippen LogP contribution in [0.2, 0.25) is 0 Å². The number of anilines is 1. The first-order valence-electron chi connectivity index (χ1n) is 14.8. The quantitative estimate of drug-likeness (QED) is 0.148. The molecule has 4 atom stereocenters. The Balaban J connectivity index is 0.000000617. The Bertz CT molecular complexity index is 1680. The maximum atomic E-state index is 12.3. The van der Waals surface area contributed by atoms with E-state index in [2.05, 4.69) is 45.9 Å². The molecule has 0 saturated carbocycles. The highest BCUT2D eigenvalue weighted by molar-refractivity contribution is 7.85. The molecule has 3 heterocycles. The largest absolute Gasteiger partial charge is 0.507 e. The van der Waals surface area contributed by atoms with Crippen LogP contribution in [0.15, 0.2) is 67.3 Å². The lowest BCUT2D eigenvalue weighted by Gasteiger charge is -2.16. The van der Waals surface area contributed by atoms with E-state index in [-0.39, 0.29) is 5.56 Å². The number of nitrogens with zero attached hydrogens (tertiary/aromatic N) is 5. The van der Waals surface area contributed by atoms with Gasteiger partial charge >= 0.3 is 10.3 Å². The first kappa shape index (κ1) is 34.7. The second-order valence-electron chi connectivity index (χ2n) is 10.2. The molecule has 0 radical (unpaired) electrons. The molecule has 5 N–H and O–H groups in total. The minimum atomic E-state index is -4.65. The number of rotatable bonds is 12. The number of phenols is 1. The lowest BCUT2D eigenvalue weighted by molar-refractivity contribution is -0.0468. The van der Waals surface area contributed by atoms with Crippen molar-refractivity contribution in [2.75, 3.05) is 31.6 Å². The van der Waals surface area contributed by atoms with E-state index in [0.29, 0.717) is 23.5 Å². The summed E-state index contributed by atoms with van der Waals surface area (Å²) < 4.78 is 38.2. The number of nitrogens with one attached hydrogen (secondary N) is 2. The molecule has 16 heteroatoms. The lowest BCUT2D eigenvalue weighted by atomic mass is 10.1. The molecule has 0 aliphatic carbocycles. The number of aromatic nitrogens is 4. The molecule has 5 rings (SSSR count). The summed E-state index contributed by atoms with van der Waals surface area (Å²) in [7, 11) is -4.65. The molecule has 0 bridgehead atoms. The van der Waals surface area contributed by atoms with Crippen molar-refractivity contribution in [2.45, 2.75) is 51.9 Å². The monoisotopic (exact) mass is 657 g/mol. The van der Waals surface area contributed by atoms with Crippen LogP contribution in [0.4, 0.5) is 5.82 Å². The summed E-state index contributed by atoms with van der Waals surface area (Å²) in [6.07, 6.45) is -2.79. The molecule has 15 nitrogen and oxygen atoms in total. The van der Waals surface area contributed by atoms with Gasteiger partial charge in [0.05, 0.1) is 18.5 Å². The molecule has 248 valence electrons. The van der Waals surface area contributed by atoms with Gasteiger partial charge in [-0.25, -0.2) is 19.7 Å². The molecule has 2 aromatic carbocycles. The molecular formula is C30H39N7O8S. The second kappa shape index (κ2) is 15.9. The van der Waals surface area contributed by atoms with Gasteiger partial charge in [-0.1, -0.05) is 63.2 Å². The van der Waals surface area contributed by atoms with E-state index in [0.717, 1.165) is 5.56 Å². The number of phenolic OH excluding ortho intramolecular Hbond substituents is 1. The SMILES string of the molecule is CCN(CC)CC.O=C(NS(=O)(=O)OC[C@H]1O[C@@H](n2cnc3c(NCc4ccccc4)ncnc32)[C@H](O)[C@@H]1O)c1ccccc1O. The molecule has 1 saturated heterocycles. The summed E-state index contributed by atoms with van der Waals surface area (Å²) in [5.41, 5.74) is 1.45. The third-order valence-corrected chi connectivity index (χ3v) is 8.25. The maximum Gasteiger partial charge on any atom is 0.362 e. The summed E-state index contributed by atoms with van der Waals surface area (Å²) in [6, 6.07) is 15.0. The lowest BCUT2D eigenvalue weighted by Crippen LogP contribution is -2.37. The van der Waals surface area contributed by atoms with Crippen LogP contribution in [0.25, 0.3) is 11.2 Å². The number of aromatic hydroxyl groups is 1. The number of carbonyl (C=O) groups is 1. The summed E-state index contributed by atoms with van der Waals surface area (Å²) in [6.45, 7) is 9.89. The van der Waals surface area contributed by atoms with Crippen LogP contribution < -0.4 is 10.0 Å². The van der Waals surface area contributed by atoms with Crippen LogP contribution in [-0.2, 0) is 25.8 Å². The predicted molar refractivity (Wildman–Crippen MR) is 169 cm³/mol. The molecule has 1 aliphatic heterocycles. The van der Waals surface area contributed by atoms with Crippen LogP contribution >= 0.6 is 0 Å². The molecule has 1 amide bonds. The van der Waals surface area contributed by atoms with E-state index in [1.54, 1.807) is 4.72 Å². The molecule has 2 aromatic heterocycles. The zero-order chi connectivity index (χ0) is 33.3. The van der Waals surface area contributed by atoms with Crippen molar-refractivity contribution >= 4 is 33.2 Å². The Morgan fingerprint density at radius 2 is 1.65 bits per heavy atom. The van der Waals surface area contributed by atoms with Crippen molar-refractivity contribution in [3.05, 3.63) is 78.4 Å². The highest BCUT2D eigenvalue weighted by Gasteiger charge is 2.45. The Labute approximate surface area is 267 Å². The third-order valence-electron chi connectivity index (χ3n) is 7.37. The average molecular weight is 658 g/mol. The van der Waals surface area contributed by atoms with Gasteiger partial charge in [0.2, 0.25) is 0 Å². The van der Waals surface area contributed by atoms with Gasteiger partial charge in [0.1, 0.15) is 30.4 Å². The van der Waals surface area contributed by atoms with Gasteiger partial charge < -0.3 is 30.3 Å². The van der Waals surface area contributed by atoms with Crippen LogP contribution in [0.3, 0.4) is 0 Å². The highest BCUT2D eigenvalue weighted by Crippen LogP contribution is 2.32. The van der Waals surface area contributed by atoms with Gasteiger partial charge in [-0.2, -0.15) is 8.42 Å². The Morgan fingerprint density at radius 1 is 0.978 bits per heavy atom. The minimum absolute atomic E-state index is 0.274. The zero-order valence-electron chi connectivity index (χ0n) is 25.7. The predicted octanol–water partition coefficient (Wildman–Crippen LogP) is 1.80. The van der Waals surface area contributed by atoms with Crippen molar-refractivity contribution in [1.82, 2.24) is 29.1 Å². The summed E-state index contributed by atoms with van der Waals surface area (Å²) in [4.78, 5) is 27.4. The van der Waals surface area contributed by atoms with Crippen LogP contribution in [-0.4, -0.2) is 98.6 Å². The van der Waals surface area contributed by atoms with E-state index in [1.807, 2.05) is 30.3 Å². The number of aliphatic hydroxyl groups excluding tert-OH is 2. The van der Waals surface area contributed by atoms with Gasteiger partial charge in [-0.15, -0.1) is 0 Å². The zero-order valence-corrected chi connectivity index (χ0v) is 26.5. The third kappa shape index (κ3) is 8.54. The Hall–Kier alpha value is -4.19. The van der Waals surface area contributed by atoms with Crippen molar-refractivity contribution < 1.29 is 37.5 Å². The number of ether oxygens (including phenoxy) is 1. The van der Waals surface area contributed by atoms with Gasteiger partial charge in [-0.3, -0.25) is 13.5 Å². The fourth-order valence-corrected chi connectivity index (χ4v) is 5.45. The number of carbonyl (C=O) groups excluding carboxylic acids is 1. The van der Waals surface area contributed by atoms with E-state index in [9.17, 15) is 28.5 Å². The number of imidazole rings is 1. The molecule has 1 aliphatic rings. The van der Waals surface area contributed by atoms with Gasteiger partial charge in [-0.05, 0) is 37.3 Å². The fraction of sp³-hybridized carbons (Fsp3) is 0.400. The normalized spacial score (nSPS) is 19.5. The standard InChI is InChI=1S/C24H24N6O8S.C6H15N/c31-16-9-5-4-8-15(16)23(34)29-39(35,36)37-11-17-19(32)20(33)24(38-17)30-13-28-18-21(26-12-27-22(18)30)25-10-14-6-2-1-3-7-14;1-4-7(5-2)6-3/h1-9,12-13,17,19-20,24,31-33H,10-11H2,(H,29,34)(H,25,26,27);4-6H2,1-3H3/t17-,19-,20-,24-;/m1./s1. The number of amides is 1. The van der Waals surface area contributed by atoms with Crippen LogP contribution in [0.1, 0.15) is 42.9 Å². The molecule has 46 heavy (non-hydrogen) atoms. The molecular weight excluding hydrogens is 618 g/mol. The minimum Gasteiger partial charge on any atom is -0.507 e. The van der Waals surface area contributed by atoms with Crippen molar-refractivity contribution in [2.24, 2.45) is 0 Å². The average Bonchev–Trinajstić information content (AvgIpc) is 3.61. The van der Waals surface area contributed by atoms with Crippen LogP contribution in [0, 0.1) is 0 Å².